The van der Waals surface area contributed by atoms with Crippen molar-refractivity contribution in [2.45, 2.75) is 43.7 Å². The molecule has 1 aliphatic heterocycles. The molecule has 2 heterocycles. The molecule has 33 heavy (non-hydrogen) atoms. The van der Waals surface area contributed by atoms with Gasteiger partial charge in [-0.1, -0.05) is 30.0 Å². The normalized spacial score (nSPS) is 14.9. The van der Waals surface area contributed by atoms with Gasteiger partial charge in [-0.05, 0) is 32.4 Å². The summed E-state index contributed by atoms with van der Waals surface area (Å²) in [6.45, 7) is 9.50. The lowest BCUT2D eigenvalue weighted by atomic mass is 10.2. The highest BCUT2D eigenvalue weighted by molar-refractivity contribution is 7.98. The molecule has 178 valence electrons. The number of rotatable bonds is 8. The van der Waals surface area contributed by atoms with Gasteiger partial charge in [-0.3, -0.25) is 19.8 Å². The molecule has 0 unspecified atom stereocenters. The van der Waals surface area contributed by atoms with Gasteiger partial charge in [-0.15, -0.1) is 0 Å². The zero-order valence-corrected chi connectivity index (χ0v) is 20.1. The lowest BCUT2D eigenvalue weighted by Gasteiger charge is -2.35. The first-order chi connectivity index (χ1) is 15.6. The number of nitro benzene ring substituents is 1. The Bertz CT molecular complexity index is 987. The van der Waals surface area contributed by atoms with Crippen LogP contribution in [0.25, 0.3) is 0 Å². The van der Waals surface area contributed by atoms with Crippen molar-refractivity contribution >= 4 is 29.0 Å². The van der Waals surface area contributed by atoms with E-state index in [2.05, 4.69) is 9.88 Å². The van der Waals surface area contributed by atoms with Crippen LogP contribution in [-0.2, 0) is 21.8 Å². The minimum atomic E-state index is -0.374. The Hall–Kier alpha value is -2.69. The first-order valence-corrected chi connectivity index (χ1v) is 11.8. The number of nitrogens with two attached hydrogens (primary N) is 1. The maximum Gasteiger partial charge on any atom is 0.273 e. The lowest BCUT2D eigenvalue weighted by molar-refractivity contribution is -0.385. The van der Waals surface area contributed by atoms with E-state index in [-0.39, 0.29) is 28.7 Å². The average molecular weight is 474 g/mol. The molecule has 2 aromatic rings. The summed E-state index contributed by atoms with van der Waals surface area (Å²) >= 11 is 1.39. The number of carbonyl (C=O) groups excluding carboxylic acids is 1. The van der Waals surface area contributed by atoms with Gasteiger partial charge in [0.25, 0.3) is 5.69 Å². The number of ether oxygens (including phenoxy) is 1. The van der Waals surface area contributed by atoms with Crippen LogP contribution in [0, 0.1) is 10.1 Å². The summed E-state index contributed by atoms with van der Waals surface area (Å²) in [5.41, 5.74) is 8.18. The van der Waals surface area contributed by atoms with Crippen molar-refractivity contribution < 1.29 is 14.5 Å². The van der Waals surface area contributed by atoms with E-state index in [4.69, 9.17) is 10.5 Å². The smallest absolute Gasteiger partial charge is 0.273 e. The number of para-hydroxylation sites is 1. The Morgan fingerprint density at radius 3 is 2.58 bits per heavy atom. The Morgan fingerprint density at radius 2 is 1.94 bits per heavy atom. The number of nitrogens with zero attached hydrogens (tertiary/aromatic N) is 4. The molecule has 0 atom stereocenters. The topological polar surface area (TPSA) is 115 Å². The molecule has 1 amide bonds. The molecule has 2 N–H and O–H groups in total. The molecule has 10 heteroatoms. The maximum absolute atomic E-state index is 12.3. The van der Waals surface area contributed by atoms with Crippen molar-refractivity contribution in [1.29, 1.82) is 0 Å². The van der Waals surface area contributed by atoms with Gasteiger partial charge < -0.3 is 15.4 Å². The lowest BCUT2D eigenvalue weighted by Crippen LogP contribution is -2.49. The maximum atomic E-state index is 12.3. The van der Waals surface area contributed by atoms with Crippen LogP contribution in [0.5, 0.6) is 0 Å². The largest absolute Gasteiger partial charge is 0.397 e. The van der Waals surface area contributed by atoms with Crippen LogP contribution in [0.2, 0.25) is 0 Å². The van der Waals surface area contributed by atoms with E-state index in [1.165, 1.54) is 17.8 Å². The number of piperazine rings is 1. The minimum absolute atomic E-state index is 0.0236. The van der Waals surface area contributed by atoms with Gasteiger partial charge in [0.05, 0.1) is 16.2 Å². The van der Waals surface area contributed by atoms with Crippen molar-refractivity contribution in [2.24, 2.45) is 0 Å². The van der Waals surface area contributed by atoms with E-state index in [0.717, 1.165) is 18.7 Å². The van der Waals surface area contributed by atoms with Crippen molar-refractivity contribution in [1.82, 2.24) is 14.8 Å². The molecule has 1 aromatic carbocycles. The third-order valence-corrected chi connectivity index (χ3v) is 6.32. The van der Waals surface area contributed by atoms with Crippen LogP contribution in [0.15, 0.2) is 41.6 Å². The molecule has 1 saturated heterocycles. The van der Waals surface area contributed by atoms with Crippen molar-refractivity contribution in [3.05, 3.63) is 57.8 Å². The zero-order valence-electron chi connectivity index (χ0n) is 19.3. The third kappa shape index (κ3) is 7.41. The zero-order chi connectivity index (χ0) is 24.0. The summed E-state index contributed by atoms with van der Waals surface area (Å²) in [4.78, 5) is 31.7. The molecule has 1 aromatic heterocycles. The molecular formula is C23H31N5O4S. The van der Waals surface area contributed by atoms with E-state index in [0.29, 0.717) is 41.7 Å². The highest BCUT2D eigenvalue weighted by Gasteiger charge is 2.23. The summed E-state index contributed by atoms with van der Waals surface area (Å²) in [6.07, 6.45) is 1.80. The number of hydrogen-bond donors (Lipinski definition) is 1. The van der Waals surface area contributed by atoms with Crippen molar-refractivity contribution in [2.75, 3.05) is 38.5 Å². The van der Waals surface area contributed by atoms with Crippen LogP contribution in [0.1, 0.15) is 31.9 Å². The van der Waals surface area contributed by atoms with E-state index >= 15 is 0 Å². The molecule has 1 fully saturated rings. The molecule has 0 spiro atoms. The number of benzene rings is 1. The second-order valence-corrected chi connectivity index (χ2v) is 9.93. The Morgan fingerprint density at radius 1 is 1.24 bits per heavy atom. The quantitative estimate of drug-likeness (QED) is 0.353. The number of aromatic nitrogens is 1. The molecule has 3 rings (SSSR count). The van der Waals surface area contributed by atoms with Crippen molar-refractivity contribution in [3.8, 4) is 0 Å². The fraction of sp³-hybridized carbons (Fsp3) is 0.478. The molecular weight excluding hydrogens is 442 g/mol. The Labute approximate surface area is 198 Å². The van der Waals surface area contributed by atoms with Crippen molar-refractivity contribution in [3.63, 3.8) is 0 Å². The van der Waals surface area contributed by atoms with Gasteiger partial charge in [0, 0.05) is 56.3 Å². The molecule has 0 bridgehead atoms. The number of anilines is 1. The van der Waals surface area contributed by atoms with Crippen LogP contribution < -0.4 is 5.73 Å². The van der Waals surface area contributed by atoms with Gasteiger partial charge in [0.15, 0.2) is 0 Å². The second-order valence-electron chi connectivity index (χ2n) is 8.97. The average Bonchev–Trinajstić information content (AvgIpc) is 2.77. The molecule has 0 aliphatic carbocycles. The van der Waals surface area contributed by atoms with Gasteiger partial charge in [0.2, 0.25) is 5.91 Å². The number of hydrogen-bond acceptors (Lipinski definition) is 8. The number of amides is 1. The highest BCUT2D eigenvalue weighted by atomic mass is 32.2. The summed E-state index contributed by atoms with van der Waals surface area (Å²) in [7, 11) is 0. The Balaban J connectivity index is 1.50. The standard InChI is InChI=1S/C23H31N5O4S/c1-23(2,3)32-15-21(29)27-10-8-26(9-11-27)14-17-12-19(24)22(25-13-17)33-16-18-6-4-5-7-20(18)28(30)31/h4-7,12-13H,8-11,14-16,24H2,1-3H3. The van der Waals surface area contributed by atoms with Crippen LogP contribution in [0.4, 0.5) is 11.4 Å². The van der Waals surface area contributed by atoms with Gasteiger partial charge in [0.1, 0.15) is 11.6 Å². The molecule has 0 saturated carbocycles. The number of pyridine rings is 1. The number of nitro groups is 1. The number of thioether (sulfide) groups is 1. The van der Waals surface area contributed by atoms with Crippen LogP contribution in [0.3, 0.4) is 0 Å². The first kappa shape index (κ1) is 24.9. The summed E-state index contributed by atoms with van der Waals surface area (Å²) in [6, 6.07) is 8.59. The fourth-order valence-corrected chi connectivity index (χ4v) is 4.35. The molecule has 0 radical (unpaired) electrons. The van der Waals surface area contributed by atoms with Gasteiger partial charge >= 0.3 is 0 Å². The first-order valence-electron chi connectivity index (χ1n) is 10.9. The predicted molar refractivity (Wildman–Crippen MR) is 129 cm³/mol. The number of nitrogen functional groups attached to an aromatic ring is 1. The Kier molecular flexibility index (Phi) is 8.28. The van der Waals surface area contributed by atoms with E-state index < -0.39 is 0 Å². The van der Waals surface area contributed by atoms with Gasteiger partial charge in [-0.2, -0.15) is 0 Å². The highest BCUT2D eigenvalue weighted by Crippen LogP contribution is 2.30. The summed E-state index contributed by atoms with van der Waals surface area (Å²) < 4.78 is 5.60. The van der Waals surface area contributed by atoms with Crippen LogP contribution in [-0.4, -0.2) is 64.0 Å². The second kappa shape index (κ2) is 11.0. The monoisotopic (exact) mass is 473 g/mol. The fourth-order valence-electron chi connectivity index (χ4n) is 3.46. The summed E-state index contributed by atoms with van der Waals surface area (Å²) in [5, 5.41) is 11.8. The van der Waals surface area contributed by atoms with E-state index in [9.17, 15) is 14.9 Å². The third-order valence-electron chi connectivity index (χ3n) is 5.25. The van der Waals surface area contributed by atoms with E-state index in [1.54, 1.807) is 24.4 Å². The number of carbonyl (C=O) groups is 1. The van der Waals surface area contributed by atoms with Crippen LogP contribution >= 0.6 is 11.8 Å². The SMILES string of the molecule is CC(C)(C)OCC(=O)N1CCN(Cc2cnc(SCc3ccccc3[N+](=O)[O-])c(N)c2)CC1. The van der Waals surface area contributed by atoms with Gasteiger partial charge in [-0.25, -0.2) is 4.98 Å². The molecule has 9 nitrogen and oxygen atoms in total. The molecule has 1 aliphatic rings. The summed E-state index contributed by atoms with van der Waals surface area (Å²) in [5.74, 6) is 0.443. The van der Waals surface area contributed by atoms with E-state index in [1.807, 2.05) is 31.7 Å². The minimum Gasteiger partial charge on any atom is -0.397 e. The predicted octanol–water partition coefficient (Wildman–Crippen LogP) is 3.32.